The van der Waals surface area contributed by atoms with E-state index < -0.39 is 10.0 Å². The lowest BCUT2D eigenvalue weighted by Crippen LogP contribution is -2.43. The van der Waals surface area contributed by atoms with Crippen LogP contribution in [0.2, 0.25) is 0 Å². The van der Waals surface area contributed by atoms with Gasteiger partial charge in [0, 0.05) is 48.8 Å². The number of nitrogens with zero attached hydrogens (tertiary/aromatic N) is 3. The summed E-state index contributed by atoms with van der Waals surface area (Å²) in [6, 6.07) is 14.6. The predicted molar refractivity (Wildman–Crippen MR) is 111 cm³/mol. The molecule has 1 aliphatic heterocycles. The summed E-state index contributed by atoms with van der Waals surface area (Å²) >= 11 is 3.35. The van der Waals surface area contributed by atoms with Crippen molar-refractivity contribution in [2.45, 2.75) is 11.4 Å². The largest absolute Gasteiger partial charge is 0.304 e. The molecular formula is C20H22BrN3O2S. The number of likely N-dealkylation sites (N-methyl/N-ethyl adjacent to an activating group) is 1. The fourth-order valence-corrected chi connectivity index (χ4v) is 5.13. The Morgan fingerprint density at radius 2 is 1.67 bits per heavy atom. The van der Waals surface area contributed by atoms with Gasteiger partial charge in [-0.25, -0.2) is 12.4 Å². The van der Waals surface area contributed by atoms with Crippen molar-refractivity contribution in [1.29, 1.82) is 0 Å². The van der Waals surface area contributed by atoms with Crippen molar-refractivity contribution >= 4 is 36.9 Å². The van der Waals surface area contributed by atoms with Crippen LogP contribution in [0.3, 0.4) is 0 Å². The van der Waals surface area contributed by atoms with Gasteiger partial charge in [0.15, 0.2) is 0 Å². The summed E-state index contributed by atoms with van der Waals surface area (Å²) in [5.74, 6) is 0. The third kappa shape index (κ3) is 3.69. The summed E-state index contributed by atoms with van der Waals surface area (Å²) in [6.07, 6.45) is 1.66. The van der Waals surface area contributed by atoms with E-state index in [1.165, 1.54) is 9.54 Å². The van der Waals surface area contributed by atoms with Gasteiger partial charge in [-0.2, -0.15) is 0 Å². The average molecular weight is 448 g/mol. The van der Waals surface area contributed by atoms with Gasteiger partial charge < -0.3 is 4.90 Å². The third-order valence-electron chi connectivity index (χ3n) is 5.15. The zero-order valence-corrected chi connectivity index (χ0v) is 17.6. The summed E-state index contributed by atoms with van der Waals surface area (Å²) in [6.45, 7) is 5.03. The highest BCUT2D eigenvalue weighted by Crippen LogP contribution is 2.26. The summed E-state index contributed by atoms with van der Waals surface area (Å²) in [7, 11) is -1.48. The third-order valence-corrected chi connectivity index (χ3v) is 7.38. The lowest BCUT2D eigenvalue weighted by Gasteiger charge is -2.32. The summed E-state index contributed by atoms with van der Waals surface area (Å²) in [5.41, 5.74) is 1.89. The Morgan fingerprint density at radius 3 is 2.37 bits per heavy atom. The minimum Gasteiger partial charge on any atom is -0.304 e. The van der Waals surface area contributed by atoms with Crippen LogP contribution in [0.15, 0.2) is 64.1 Å². The van der Waals surface area contributed by atoms with Gasteiger partial charge in [-0.1, -0.05) is 28.1 Å². The van der Waals surface area contributed by atoms with Crippen LogP contribution in [-0.4, -0.2) is 55.4 Å². The van der Waals surface area contributed by atoms with Crippen molar-refractivity contribution in [2.75, 3.05) is 33.2 Å². The van der Waals surface area contributed by atoms with Crippen LogP contribution in [0.4, 0.5) is 0 Å². The van der Waals surface area contributed by atoms with Gasteiger partial charge in [-0.15, -0.1) is 0 Å². The van der Waals surface area contributed by atoms with E-state index in [9.17, 15) is 8.42 Å². The number of aromatic nitrogens is 1. The zero-order valence-electron chi connectivity index (χ0n) is 15.2. The highest BCUT2D eigenvalue weighted by Gasteiger charge is 2.21. The molecule has 7 heteroatoms. The summed E-state index contributed by atoms with van der Waals surface area (Å²) < 4.78 is 28.4. The number of halogens is 1. The molecule has 1 saturated heterocycles. The van der Waals surface area contributed by atoms with E-state index in [-0.39, 0.29) is 4.90 Å². The highest BCUT2D eigenvalue weighted by atomic mass is 79.9. The molecule has 0 unspecified atom stereocenters. The predicted octanol–water partition coefficient (Wildman–Crippen LogP) is 3.39. The van der Waals surface area contributed by atoms with E-state index in [4.69, 9.17) is 0 Å². The second-order valence-electron chi connectivity index (χ2n) is 7.00. The van der Waals surface area contributed by atoms with Crippen molar-refractivity contribution in [1.82, 2.24) is 13.8 Å². The first kappa shape index (κ1) is 18.7. The Hall–Kier alpha value is -1.67. The lowest BCUT2D eigenvalue weighted by atomic mass is 10.1. The maximum Gasteiger partial charge on any atom is 0.268 e. The maximum absolute atomic E-state index is 13.1. The number of hydrogen-bond acceptors (Lipinski definition) is 4. The number of piperazine rings is 1. The zero-order chi connectivity index (χ0) is 19.0. The van der Waals surface area contributed by atoms with E-state index in [1.807, 2.05) is 18.2 Å². The monoisotopic (exact) mass is 447 g/mol. The van der Waals surface area contributed by atoms with E-state index in [2.05, 4.69) is 38.8 Å². The molecular weight excluding hydrogens is 426 g/mol. The molecule has 1 aromatic heterocycles. The minimum absolute atomic E-state index is 0.285. The van der Waals surface area contributed by atoms with Gasteiger partial charge in [0.2, 0.25) is 0 Å². The van der Waals surface area contributed by atoms with E-state index in [0.717, 1.165) is 48.1 Å². The molecule has 2 heterocycles. The molecule has 0 saturated carbocycles. The summed E-state index contributed by atoms with van der Waals surface area (Å²) in [4.78, 5) is 5.04. The van der Waals surface area contributed by atoms with Gasteiger partial charge in [-0.05, 0) is 49.0 Å². The molecule has 5 nitrogen and oxygen atoms in total. The molecule has 1 fully saturated rings. The smallest absolute Gasteiger partial charge is 0.268 e. The van der Waals surface area contributed by atoms with Crippen LogP contribution in [0.25, 0.3) is 10.9 Å². The molecule has 0 radical (unpaired) electrons. The molecule has 142 valence electrons. The van der Waals surface area contributed by atoms with Crippen LogP contribution in [0.5, 0.6) is 0 Å². The van der Waals surface area contributed by atoms with Crippen molar-refractivity contribution < 1.29 is 8.42 Å². The average Bonchev–Trinajstić information content (AvgIpc) is 3.10. The Kier molecular flexibility index (Phi) is 5.11. The molecule has 3 aromatic rings. The van der Waals surface area contributed by atoms with Crippen LogP contribution in [0.1, 0.15) is 5.56 Å². The van der Waals surface area contributed by atoms with E-state index >= 15 is 0 Å². The van der Waals surface area contributed by atoms with Crippen molar-refractivity contribution in [2.24, 2.45) is 0 Å². The van der Waals surface area contributed by atoms with Gasteiger partial charge in [0.05, 0.1) is 10.4 Å². The molecule has 4 rings (SSSR count). The van der Waals surface area contributed by atoms with Crippen LogP contribution in [0, 0.1) is 0 Å². The molecule has 0 aliphatic carbocycles. The van der Waals surface area contributed by atoms with Crippen LogP contribution in [-0.2, 0) is 16.6 Å². The first-order chi connectivity index (χ1) is 12.9. The van der Waals surface area contributed by atoms with Crippen LogP contribution < -0.4 is 0 Å². The molecule has 1 aliphatic rings. The molecule has 2 aromatic carbocycles. The fourth-order valence-electron chi connectivity index (χ4n) is 3.52. The molecule has 0 atom stereocenters. The number of hydrogen-bond donors (Lipinski definition) is 0. The Morgan fingerprint density at radius 1 is 0.963 bits per heavy atom. The maximum atomic E-state index is 13.1. The normalized spacial score (nSPS) is 16.8. The van der Waals surface area contributed by atoms with E-state index in [0.29, 0.717) is 0 Å². The van der Waals surface area contributed by atoms with Gasteiger partial charge >= 0.3 is 0 Å². The quantitative estimate of drug-likeness (QED) is 0.614. The molecule has 27 heavy (non-hydrogen) atoms. The molecule has 0 bridgehead atoms. The van der Waals surface area contributed by atoms with E-state index in [1.54, 1.807) is 30.5 Å². The topological polar surface area (TPSA) is 45.5 Å². The number of rotatable bonds is 4. The highest BCUT2D eigenvalue weighted by molar-refractivity contribution is 9.10. The van der Waals surface area contributed by atoms with Crippen molar-refractivity contribution in [3.05, 3.63) is 64.8 Å². The molecule has 0 N–H and O–H groups in total. The molecule has 0 spiro atoms. The Balaban J connectivity index is 1.69. The first-order valence-corrected chi connectivity index (χ1v) is 11.2. The van der Waals surface area contributed by atoms with Gasteiger partial charge in [0.25, 0.3) is 10.0 Å². The van der Waals surface area contributed by atoms with Gasteiger partial charge in [0.1, 0.15) is 0 Å². The SMILES string of the molecule is CN1CCN(Cc2cccc3c2ccn3S(=O)(=O)c2ccc(Br)cc2)CC1. The Bertz CT molecular complexity index is 1050. The molecule has 0 amide bonds. The lowest BCUT2D eigenvalue weighted by molar-refractivity contribution is 0.148. The first-order valence-electron chi connectivity index (χ1n) is 8.96. The van der Waals surface area contributed by atoms with Crippen molar-refractivity contribution in [3.8, 4) is 0 Å². The standard InChI is InChI=1S/C20H22BrN3O2S/c1-22-11-13-23(14-12-22)15-16-3-2-4-20-19(16)9-10-24(20)27(25,26)18-7-5-17(21)6-8-18/h2-10H,11-15H2,1H3. The van der Waals surface area contributed by atoms with Crippen LogP contribution >= 0.6 is 15.9 Å². The second kappa shape index (κ2) is 7.39. The Labute approximate surface area is 168 Å². The number of benzene rings is 2. The second-order valence-corrected chi connectivity index (χ2v) is 9.73. The fraction of sp³-hybridized carbons (Fsp3) is 0.300. The number of fused-ring (bicyclic) bond motifs is 1. The minimum atomic E-state index is -3.62. The van der Waals surface area contributed by atoms with Crippen molar-refractivity contribution in [3.63, 3.8) is 0 Å². The summed E-state index contributed by atoms with van der Waals surface area (Å²) in [5, 5.41) is 0.997. The van der Waals surface area contributed by atoms with Gasteiger partial charge in [-0.3, -0.25) is 4.90 Å².